The number of rotatable bonds is 5. The van der Waals surface area contributed by atoms with Crippen LogP contribution in [-0.4, -0.2) is 30.3 Å². The van der Waals surface area contributed by atoms with Crippen LogP contribution >= 0.6 is 0 Å². The normalized spacial score (nSPS) is 12.2. The molecule has 3 N–H and O–H groups in total. The van der Waals surface area contributed by atoms with E-state index >= 15 is 0 Å². The van der Waals surface area contributed by atoms with Gasteiger partial charge < -0.3 is 15.6 Å². The second-order valence-electron chi connectivity index (χ2n) is 3.30. The van der Waals surface area contributed by atoms with E-state index in [0.29, 0.717) is 11.3 Å². The molecule has 1 aromatic carbocycles. The van der Waals surface area contributed by atoms with Crippen LogP contribution in [0.2, 0.25) is 0 Å². The van der Waals surface area contributed by atoms with Crippen molar-refractivity contribution in [1.82, 2.24) is 0 Å². The van der Waals surface area contributed by atoms with Gasteiger partial charge in [0.05, 0.1) is 24.7 Å². The topological polar surface area (TPSA) is 98.6 Å². The zero-order valence-electron chi connectivity index (χ0n) is 8.92. The van der Waals surface area contributed by atoms with Crippen LogP contribution in [0.3, 0.4) is 0 Å². The average Bonchev–Trinajstić information content (AvgIpc) is 2.30. The van der Waals surface area contributed by atoms with E-state index in [9.17, 15) is 10.1 Å². The lowest BCUT2D eigenvalue weighted by Crippen LogP contribution is -2.17. The summed E-state index contributed by atoms with van der Waals surface area (Å²) in [6, 6.07) is 4.50. The van der Waals surface area contributed by atoms with Crippen molar-refractivity contribution in [2.45, 2.75) is 5.92 Å². The van der Waals surface area contributed by atoms with Crippen molar-refractivity contribution in [1.29, 1.82) is 0 Å². The highest BCUT2D eigenvalue weighted by Crippen LogP contribution is 2.29. The van der Waals surface area contributed by atoms with Crippen LogP contribution in [0.15, 0.2) is 18.2 Å². The molecule has 6 nitrogen and oxygen atoms in total. The zero-order valence-corrected chi connectivity index (χ0v) is 8.92. The van der Waals surface area contributed by atoms with Crippen molar-refractivity contribution >= 4 is 5.69 Å². The Morgan fingerprint density at radius 1 is 1.62 bits per heavy atom. The van der Waals surface area contributed by atoms with Crippen molar-refractivity contribution < 1.29 is 14.8 Å². The number of methoxy groups -OCH3 is 1. The third-order valence-corrected chi connectivity index (χ3v) is 2.38. The van der Waals surface area contributed by atoms with Crippen LogP contribution in [0.1, 0.15) is 11.5 Å². The monoisotopic (exact) mass is 226 g/mol. The van der Waals surface area contributed by atoms with E-state index in [0.717, 1.165) is 0 Å². The molecule has 0 radical (unpaired) electrons. The molecule has 0 aromatic heterocycles. The van der Waals surface area contributed by atoms with E-state index in [1.807, 2.05) is 0 Å². The van der Waals surface area contributed by atoms with Gasteiger partial charge in [0.25, 0.3) is 5.69 Å². The Hall–Kier alpha value is -1.66. The van der Waals surface area contributed by atoms with E-state index in [-0.39, 0.29) is 18.8 Å². The Labute approximate surface area is 92.8 Å². The number of nitrogens with zero attached hydrogens (tertiary/aromatic N) is 1. The number of benzene rings is 1. The minimum absolute atomic E-state index is 0.0798. The highest BCUT2D eigenvalue weighted by molar-refractivity contribution is 5.48. The van der Waals surface area contributed by atoms with Gasteiger partial charge in [-0.05, 0) is 12.1 Å². The molecule has 1 aromatic rings. The number of hydrogen-bond acceptors (Lipinski definition) is 5. The molecule has 0 bridgehead atoms. The van der Waals surface area contributed by atoms with Crippen molar-refractivity contribution in [3.8, 4) is 5.75 Å². The molecule has 0 aliphatic heterocycles. The molecule has 88 valence electrons. The molecule has 0 fully saturated rings. The van der Waals surface area contributed by atoms with Gasteiger partial charge in [0.1, 0.15) is 5.75 Å². The first-order valence-electron chi connectivity index (χ1n) is 4.77. The number of ether oxygens (including phenoxy) is 1. The molecular formula is C10H14N2O4. The lowest BCUT2D eigenvalue weighted by atomic mass is 9.98. The first-order valence-corrected chi connectivity index (χ1v) is 4.77. The van der Waals surface area contributed by atoms with Crippen LogP contribution in [0.25, 0.3) is 0 Å². The Kier molecular flexibility index (Phi) is 4.21. The summed E-state index contributed by atoms with van der Waals surface area (Å²) in [6.45, 7) is -0.0622. The Morgan fingerprint density at radius 3 is 2.75 bits per heavy atom. The SMILES string of the molecule is COc1ccc(C(CN)CO)c([N+](=O)[O-])c1. The van der Waals surface area contributed by atoms with Crippen LogP contribution < -0.4 is 10.5 Å². The number of nitro groups is 1. The highest BCUT2D eigenvalue weighted by atomic mass is 16.6. The standard InChI is InChI=1S/C10H14N2O4/c1-16-8-2-3-9(7(5-11)6-13)10(4-8)12(14)15/h2-4,7,13H,5-6,11H2,1H3. The quantitative estimate of drug-likeness (QED) is 0.567. The van der Waals surface area contributed by atoms with Gasteiger partial charge in [-0.2, -0.15) is 0 Å². The first kappa shape index (κ1) is 12.4. The fourth-order valence-corrected chi connectivity index (χ4v) is 1.45. The summed E-state index contributed by atoms with van der Waals surface area (Å²) in [5.74, 6) is -0.0181. The van der Waals surface area contributed by atoms with Gasteiger partial charge in [-0.25, -0.2) is 0 Å². The summed E-state index contributed by atoms with van der Waals surface area (Å²) in [5, 5.41) is 19.9. The lowest BCUT2D eigenvalue weighted by Gasteiger charge is -2.12. The van der Waals surface area contributed by atoms with Gasteiger partial charge in [0.2, 0.25) is 0 Å². The van der Waals surface area contributed by atoms with Crippen LogP contribution in [0.5, 0.6) is 5.75 Å². The first-order chi connectivity index (χ1) is 7.63. The highest BCUT2D eigenvalue weighted by Gasteiger charge is 2.21. The summed E-state index contributed by atoms with van der Waals surface area (Å²) in [6.07, 6.45) is 0. The average molecular weight is 226 g/mol. The molecule has 6 heteroatoms. The molecule has 1 unspecified atom stereocenters. The maximum Gasteiger partial charge on any atom is 0.276 e. The van der Waals surface area contributed by atoms with Gasteiger partial charge in [-0.3, -0.25) is 10.1 Å². The molecule has 0 saturated carbocycles. The number of aliphatic hydroxyl groups is 1. The lowest BCUT2D eigenvalue weighted by molar-refractivity contribution is -0.385. The Bertz CT molecular complexity index is 377. The maximum absolute atomic E-state index is 10.9. The largest absolute Gasteiger partial charge is 0.497 e. The summed E-state index contributed by atoms with van der Waals surface area (Å²) >= 11 is 0. The number of nitrogens with two attached hydrogens (primary N) is 1. The summed E-state index contributed by atoms with van der Waals surface area (Å²) < 4.78 is 4.91. The Balaban J connectivity index is 3.21. The summed E-state index contributed by atoms with van der Waals surface area (Å²) in [4.78, 5) is 10.3. The van der Waals surface area contributed by atoms with Crippen molar-refractivity contribution in [2.24, 2.45) is 5.73 Å². The molecule has 0 spiro atoms. The van der Waals surface area contributed by atoms with Gasteiger partial charge in [-0.15, -0.1) is 0 Å². The third kappa shape index (κ3) is 2.47. The predicted molar refractivity (Wildman–Crippen MR) is 58.5 cm³/mol. The van der Waals surface area contributed by atoms with Gasteiger partial charge in [-0.1, -0.05) is 0 Å². The fraction of sp³-hybridized carbons (Fsp3) is 0.400. The smallest absolute Gasteiger partial charge is 0.276 e. The summed E-state index contributed by atoms with van der Waals surface area (Å²) in [5.41, 5.74) is 5.79. The van der Waals surface area contributed by atoms with E-state index in [2.05, 4.69) is 0 Å². The van der Waals surface area contributed by atoms with Gasteiger partial charge in [0, 0.05) is 18.0 Å². The van der Waals surface area contributed by atoms with E-state index in [1.165, 1.54) is 13.2 Å². The second kappa shape index (κ2) is 5.43. The van der Waals surface area contributed by atoms with Crippen molar-refractivity contribution in [2.75, 3.05) is 20.3 Å². The van der Waals surface area contributed by atoms with Gasteiger partial charge >= 0.3 is 0 Å². The van der Waals surface area contributed by atoms with Crippen LogP contribution in [-0.2, 0) is 0 Å². The summed E-state index contributed by atoms with van der Waals surface area (Å²) in [7, 11) is 1.44. The number of hydrogen-bond donors (Lipinski definition) is 2. The third-order valence-electron chi connectivity index (χ3n) is 2.38. The van der Waals surface area contributed by atoms with E-state index < -0.39 is 10.8 Å². The van der Waals surface area contributed by atoms with E-state index in [1.54, 1.807) is 12.1 Å². The van der Waals surface area contributed by atoms with Gasteiger partial charge in [0.15, 0.2) is 0 Å². The zero-order chi connectivity index (χ0) is 12.1. The molecule has 0 aliphatic rings. The van der Waals surface area contributed by atoms with Crippen LogP contribution in [0.4, 0.5) is 5.69 Å². The maximum atomic E-state index is 10.9. The molecule has 1 rings (SSSR count). The molecule has 0 aliphatic carbocycles. The van der Waals surface area contributed by atoms with Crippen LogP contribution in [0, 0.1) is 10.1 Å². The molecule has 0 amide bonds. The van der Waals surface area contributed by atoms with Crippen molar-refractivity contribution in [3.63, 3.8) is 0 Å². The number of aliphatic hydroxyl groups excluding tert-OH is 1. The fourth-order valence-electron chi connectivity index (χ4n) is 1.45. The van der Waals surface area contributed by atoms with E-state index in [4.69, 9.17) is 15.6 Å². The minimum Gasteiger partial charge on any atom is -0.497 e. The molecule has 0 heterocycles. The molecule has 16 heavy (non-hydrogen) atoms. The van der Waals surface area contributed by atoms with Crippen molar-refractivity contribution in [3.05, 3.63) is 33.9 Å². The molecule has 0 saturated heterocycles. The minimum atomic E-state index is -0.504. The molecular weight excluding hydrogens is 212 g/mol. The number of nitro benzene ring substituents is 1. The predicted octanol–water partition coefficient (Wildman–Crippen LogP) is 0.638. The second-order valence-corrected chi connectivity index (χ2v) is 3.30. The molecule has 1 atom stereocenters. The Morgan fingerprint density at radius 2 is 2.31 bits per heavy atom.